The lowest BCUT2D eigenvalue weighted by atomic mass is 9.79. The first-order valence-electron chi connectivity index (χ1n) is 5.91. The largest absolute Gasteiger partial charge is 0.388 e. The van der Waals surface area contributed by atoms with Crippen LogP contribution >= 0.6 is 0 Å². The molecule has 1 aromatic carbocycles. The molecule has 1 amide bonds. The number of rotatable bonds is 2. The second-order valence-corrected chi connectivity index (χ2v) is 4.55. The number of nitrogens with zero attached hydrogens (tertiary/aromatic N) is 1. The maximum atomic E-state index is 11.0. The summed E-state index contributed by atoms with van der Waals surface area (Å²) < 4.78 is 0. The van der Waals surface area contributed by atoms with Gasteiger partial charge in [-0.05, 0) is 17.5 Å². The molecule has 0 saturated carbocycles. The quantitative estimate of drug-likeness (QED) is 0.536. The van der Waals surface area contributed by atoms with E-state index in [0.717, 1.165) is 0 Å². The standard InChI is InChI=1S/C14H14N2O3/c15-7-9(14(16)19)5-8-6-12(17)10-3-1-2-4-11(10)13(8)18/h1-5,8,12-13,17-18H,6H2,(H2,16,19)/b9-5+. The van der Waals surface area contributed by atoms with Gasteiger partial charge < -0.3 is 15.9 Å². The Labute approximate surface area is 110 Å². The summed E-state index contributed by atoms with van der Waals surface area (Å²) in [5.74, 6) is -1.34. The van der Waals surface area contributed by atoms with E-state index in [1.54, 1.807) is 30.3 Å². The molecule has 0 aromatic heterocycles. The Hall–Kier alpha value is -2.16. The zero-order chi connectivity index (χ0) is 14.0. The van der Waals surface area contributed by atoms with Crippen LogP contribution in [0, 0.1) is 17.2 Å². The number of amides is 1. The molecule has 0 bridgehead atoms. The molecule has 3 unspecified atom stereocenters. The van der Waals surface area contributed by atoms with Crippen molar-refractivity contribution in [1.29, 1.82) is 5.26 Å². The van der Waals surface area contributed by atoms with Crippen LogP contribution in [0.15, 0.2) is 35.9 Å². The van der Waals surface area contributed by atoms with Crippen molar-refractivity contribution in [2.24, 2.45) is 11.7 Å². The molecule has 0 spiro atoms. The number of hydrogen-bond acceptors (Lipinski definition) is 4. The molecule has 98 valence electrons. The number of nitriles is 1. The van der Waals surface area contributed by atoms with Crippen molar-refractivity contribution in [2.45, 2.75) is 18.6 Å². The van der Waals surface area contributed by atoms with Gasteiger partial charge in [-0.15, -0.1) is 0 Å². The van der Waals surface area contributed by atoms with Gasteiger partial charge in [0.25, 0.3) is 5.91 Å². The number of aliphatic hydroxyl groups excluding tert-OH is 2. The minimum atomic E-state index is -0.859. The molecule has 1 aliphatic carbocycles. The lowest BCUT2D eigenvalue weighted by Gasteiger charge is -2.31. The van der Waals surface area contributed by atoms with Crippen molar-refractivity contribution in [3.05, 3.63) is 47.0 Å². The van der Waals surface area contributed by atoms with Gasteiger partial charge in [0, 0.05) is 5.92 Å². The zero-order valence-corrected chi connectivity index (χ0v) is 10.2. The summed E-state index contributed by atoms with van der Waals surface area (Å²) in [7, 11) is 0. The van der Waals surface area contributed by atoms with Crippen LogP contribution in [0.1, 0.15) is 29.8 Å². The Kier molecular flexibility index (Phi) is 3.65. The molecule has 5 heteroatoms. The Morgan fingerprint density at radius 1 is 1.37 bits per heavy atom. The summed E-state index contributed by atoms with van der Waals surface area (Å²) >= 11 is 0. The Morgan fingerprint density at radius 3 is 2.58 bits per heavy atom. The number of fused-ring (bicyclic) bond motifs is 1. The summed E-state index contributed by atoms with van der Waals surface area (Å²) in [5, 5.41) is 29.1. The van der Waals surface area contributed by atoms with Crippen molar-refractivity contribution in [3.8, 4) is 6.07 Å². The van der Waals surface area contributed by atoms with Gasteiger partial charge in [0.2, 0.25) is 0 Å². The molecule has 0 fully saturated rings. The maximum absolute atomic E-state index is 11.0. The van der Waals surface area contributed by atoms with Crippen LogP contribution in [0.25, 0.3) is 0 Å². The molecule has 0 aliphatic heterocycles. The van der Waals surface area contributed by atoms with Crippen molar-refractivity contribution >= 4 is 5.91 Å². The van der Waals surface area contributed by atoms with Gasteiger partial charge in [-0.2, -0.15) is 5.26 Å². The van der Waals surface area contributed by atoms with E-state index in [1.165, 1.54) is 6.08 Å². The second-order valence-electron chi connectivity index (χ2n) is 4.55. The number of hydrogen-bond donors (Lipinski definition) is 3. The average molecular weight is 258 g/mol. The molecule has 0 radical (unpaired) electrons. The highest BCUT2D eigenvalue weighted by atomic mass is 16.3. The van der Waals surface area contributed by atoms with E-state index >= 15 is 0 Å². The fourth-order valence-corrected chi connectivity index (χ4v) is 2.38. The predicted octanol–water partition coefficient (Wildman–Crippen LogP) is 0.709. The third-order valence-corrected chi connectivity index (χ3v) is 3.34. The Balaban J connectivity index is 2.38. The first-order valence-corrected chi connectivity index (χ1v) is 5.91. The Bertz CT molecular complexity index is 574. The smallest absolute Gasteiger partial charge is 0.259 e. The number of nitrogens with two attached hydrogens (primary N) is 1. The van der Waals surface area contributed by atoms with Crippen LogP contribution in [0.5, 0.6) is 0 Å². The van der Waals surface area contributed by atoms with E-state index in [-0.39, 0.29) is 12.0 Å². The summed E-state index contributed by atoms with van der Waals surface area (Å²) in [6.07, 6.45) is -0.000954. The van der Waals surface area contributed by atoms with E-state index in [4.69, 9.17) is 11.0 Å². The lowest BCUT2D eigenvalue weighted by molar-refractivity contribution is -0.114. The summed E-state index contributed by atoms with van der Waals surface area (Å²) in [4.78, 5) is 11.0. The van der Waals surface area contributed by atoms with E-state index in [2.05, 4.69) is 0 Å². The van der Waals surface area contributed by atoms with Gasteiger partial charge in [0.15, 0.2) is 0 Å². The topological polar surface area (TPSA) is 107 Å². The molecule has 0 saturated heterocycles. The average Bonchev–Trinajstić information content (AvgIpc) is 2.41. The third-order valence-electron chi connectivity index (χ3n) is 3.34. The van der Waals surface area contributed by atoms with Gasteiger partial charge in [-0.3, -0.25) is 4.79 Å². The lowest BCUT2D eigenvalue weighted by Crippen LogP contribution is -2.24. The highest BCUT2D eigenvalue weighted by Crippen LogP contribution is 2.40. The van der Waals surface area contributed by atoms with Crippen LogP contribution in [-0.2, 0) is 4.79 Å². The number of benzene rings is 1. The number of carbonyl (C=O) groups excluding carboxylic acids is 1. The van der Waals surface area contributed by atoms with Crippen LogP contribution in [0.3, 0.4) is 0 Å². The van der Waals surface area contributed by atoms with Crippen molar-refractivity contribution in [1.82, 2.24) is 0 Å². The fraction of sp³-hybridized carbons (Fsp3) is 0.286. The fourth-order valence-electron chi connectivity index (χ4n) is 2.38. The van der Waals surface area contributed by atoms with Crippen LogP contribution in [0.2, 0.25) is 0 Å². The zero-order valence-electron chi connectivity index (χ0n) is 10.2. The summed E-state index contributed by atoms with van der Waals surface area (Å²) in [6.45, 7) is 0. The minimum Gasteiger partial charge on any atom is -0.388 e. The molecule has 1 aliphatic rings. The van der Waals surface area contributed by atoms with Crippen molar-refractivity contribution in [3.63, 3.8) is 0 Å². The van der Waals surface area contributed by atoms with Crippen molar-refractivity contribution in [2.75, 3.05) is 0 Å². The van der Waals surface area contributed by atoms with E-state index in [0.29, 0.717) is 11.1 Å². The van der Waals surface area contributed by atoms with E-state index < -0.39 is 24.0 Å². The first-order chi connectivity index (χ1) is 9.04. The van der Waals surface area contributed by atoms with Gasteiger partial charge >= 0.3 is 0 Å². The van der Waals surface area contributed by atoms with Crippen LogP contribution in [0.4, 0.5) is 0 Å². The van der Waals surface area contributed by atoms with Crippen LogP contribution < -0.4 is 5.73 Å². The number of primary amides is 1. The van der Waals surface area contributed by atoms with Gasteiger partial charge in [-0.1, -0.05) is 30.3 Å². The van der Waals surface area contributed by atoms with Gasteiger partial charge in [0.1, 0.15) is 11.6 Å². The molecule has 1 aromatic rings. The monoisotopic (exact) mass is 258 g/mol. The molecular weight excluding hydrogens is 244 g/mol. The van der Waals surface area contributed by atoms with E-state index in [1.807, 2.05) is 0 Å². The first kappa shape index (κ1) is 13.3. The predicted molar refractivity (Wildman–Crippen MR) is 67.4 cm³/mol. The molecule has 0 heterocycles. The van der Waals surface area contributed by atoms with E-state index in [9.17, 15) is 15.0 Å². The van der Waals surface area contributed by atoms with Gasteiger partial charge in [0.05, 0.1) is 12.2 Å². The molecule has 3 atom stereocenters. The minimum absolute atomic E-state index is 0.198. The molecule has 4 N–H and O–H groups in total. The van der Waals surface area contributed by atoms with Crippen molar-refractivity contribution < 1.29 is 15.0 Å². The molecule has 2 rings (SSSR count). The Morgan fingerprint density at radius 2 is 2.00 bits per heavy atom. The SMILES string of the molecule is N#C/C(=C\C1CC(O)c2ccccc2C1O)C(N)=O. The second kappa shape index (κ2) is 5.22. The highest BCUT2D eigenvalue weighted by molar-refractivity contribution is 5.95. The summed E-state index contributed by atoms with van der Waals surface area (Å²) in [5.41, 5.74) is 6.16. The summed E-state index contributed by atoms with van der Waals surface area (Å²) in [6, 6.07) is 8.73. The normalized spacial score (nSPS) is 26.4. The molecule has 19 heavy (non-hydrogen) atoms. The highest BCUT2D eigenvalue weighted by Gasteiger charge is 2.32. The maximum Gasteiger partial charge on any atom is 0.259 e. The van der Waals surface area contributed by atoms with Crippen LogP contribution in [-0.4, -0.2) is 16.1 Å². The number of aliphatic hydroxyl groups is 2. The number of carbonyl (C=O) groups is 1. The molecule has 5 nitrogen and oxygen atoms in total. The van der Waals surface area contributed by atoms with Gasteiger partial charge in [-0.25, -0.2) is 0 Å². The third kappa shape index (κ3) is 2.50. The molecular formula is C14H14N2O3.